The Morgan fingerprint density at radius 1 is 1.69 bits per heavy atom. The van der Waals surface area contributed by atoms with E-state index in [4.69, 9.17) is 5.11 Å². The number of aliphatic hydroxyl groups is 1. The van der Waals surface area contributed by atoms with Gasteiger partial charge in [0.25, 0.3) is 5.91 Å². The summed E-state index contributed by atoms with van der Waals surface area (Å²) >= 11 is 0. The van der Waals surface area contributed by atoms with E-state index in [1.54, 1.807) is 0 Å². The van der Waals surface area contributed by atoms with Gasteiger partial charge in [0.1, 0.15) is 12.4 Å². The summed E-state index contributed by atoms with van der Waals surface area (Å²) in [4.78, 5) is 24.4. The minimum absolute atomic E-state index is 0. The molecular formula is C7H12N4O5. The zero-order chi connectivity index (χ0) is 11.3. The lowest BCUT2D eigenvalue weighted by Crippen LogP contribution is -2.30. The average molecular weight is 232 g/mol. The number of nitro groups is 1. The molecule has 0 atom stereocenters. The smallest absolute Gasteiger partial charge is 0.412 e. The van der Waals surface area contributed by atoms with Crippen molar-refractivity contribution >= 4 is 11.9 Å². The Balaban J connectivity index is 0.00000225. The first kappa shape index (κ1) is 14.0. The molecule has 0 saturated heterocycles. The van der Waals surface area contributed by atoms with Gasteiger partial charge in [-0.05, 0) is 4.92 Å². The van der Waals surface area contributed by atoms with Gasteiger partial charge in [-0.3, -0.25) is 4.79 Å². The molecule has 0 radical (unpaired) electrons. The Hall–Kier alpha value is -2.00. The Morgan fingerprint density at radius 3 is 2.94 bits per heavy atom. The fourth-order valence-corrected chi connectivity index (χ4v) is 1.00. The standard InChI is InChI=1S/C7H10N4O4.H2O/c12-4-2-8-6(13)5-10-3-1-9-7(10)11(14)15;/h1,3,12H,2,4-5H2,(H,8,13);1H2. The highest BCUT2D eigenvalue weighted by Crippen LogP contribution is 2.06. The van der Waals surface area contributed by atoms with E-state index in [1.807, 2.05) is 0 Å². The average Bonchev–Trinajstić information content (AvgIpc) is 2.62. The molecule has 1 aromatic rings. The van der Waals surface area contributed by atoms with E-state index in [9.17, 15) is 14.9 Å². The van der Waals surface area contributed by atoms with Crippen LogP contribution in [0.4, 0.5) is 5.95 Å². The first-order valence-corrected chi connectivity index (χ1v) is 4.18. The highest BCUT2D eigenvalue weighted by molar-refractivity contribution is 5.75. The number of amides is 1. The number of carbonyl (C=O) groups is 1. The van der Waals surface area contributed by atoms with Gasteiger partial charge in [0.05, 0.1) is 6.61 Å². The Morgan fingerprint density at radius 2 is 2.38 bits per heavy atom. The SMILES string of the molecule is O.O=C(Cn1ccnc1[N+](=O)[O-])NCCO. The third kappa shape index (κ3) is 3.63. The summed E-state index contributed by atoms with van der Waals surface area (Å²) < 4.78 is 1.12. The minimum Gasteiger partial charge on any atom is -0.412 e. The zero-order valence-corrected chi connectivity index (χ0v) is 8.29. The molecule has 1 heterocycles. The van der Waals surface area contributed by atoms with Crippen molar-refractivity contribution in [3.63, 3.8) is 0 Å². The molecule has 16 heavy (non-hydrogen) atoms. The summed E-state index contributed by atoms with van der Waals surface area (Å²) in [5, 5.41) is 21.2. The molecule has 0 aliphatic heterocycles. The van der Waals surface area contributed by atoms with Crippen LogP contribution in [0.15, 0.2) is 12.4 Å². The maximum absolute atomic E-state index is 11.2. The van der Waals surface area contributed by atoms with Crippen LogP contribution in [0, 0.1) is 10.1 Å². The van der Waals surface area contributed by atoms with E-state index < -0.39 is 10.8 Å². The molecule has 9 heteroatoms. The van der Waals surface area contributed by atoms with Crippen LogP contribution in [0.1, 0.15) is 0 Å². The third-order valence-electron chi connectivity index (χ3n) is 1.60. The normalized spacial score (nSPS) is 9.31. The second-order valence-corrected chi connectivity index (χ2v) is 2.69. The number of aliphatic hydroxyl groups excluding tert-OH is 1. The number of carbonyl (C=O) groups excluding carboxylic acids is 1. The highest BCUT2D eigenvalue weighted by Gasteiger charge is 2.16. The lowest BCUT2D eigenvalue weighted by Gasteiger charge is -2.02. The van der Waals surface area contributed by atoms with Gasteiger partial charge in [-0.2, -0.15) is 0 Å². The van der Waals surface area contributed by atoms with Crippen LogP contribution in [0.5, 0.6) is 0 Å². The van der Waals surface area contributed by atoms with Gasteiger partial charge >= 0.3 is 5.95 Å². The van der Waals surface area contributed by atoms with Crippen LogP contribution in [0.2, 0.25) is 0 Å². The van der Waals surface area contributed by atoms with Crippen LogP contribution < -0.4 is 5.32 Å². The molecule has 1 rings (SSSR count). The summed E-state index contributed by atoms with van der Waals surface area (Å²) in [5.74, 6) is -0.792. The van der Waals surface area contributed by atoms with E-state index in [0.717, 1.165) is 4.57 Å². The van der Waals surface area contributed by atoms with E-state index in [-0.39, 0.29) is 31.1 Å². The quantitative estimate of drug-likeness (QED) is 0.449. The largest absolute Gasteiger partial charge is 0.435 e. The van der Waals surface area contributed by atoms with Crippen LogP contribution >= 0.6 is 0 Å². The Kier molecular flexibility index (Phi) is 5.67. The summed E-state index contributed by atoms with van der Waals surface area (Å²) in [7, 11) is 0. The molecule has 0 aliphatic carbocycles. The molecule has 90 valence electrons. The van der Waals surface area contributed by atoms with Crippen molar-refractivity contribution in [1.29, 1.82) is 0 Å². The number of nitrogens with one attached hydrogen (secondary N) is 1. The van der Waals surface area contributed by atoms with Crippen molar-refractivity contribution in [3.05, 3.63) is 22.5 Å². The van der Waals surface area contributed by atoms with Crippen LogP contribution in [0.3, 0.4) is 0 Å². The molecule has 0 aliphatic rings. The van der Waals surface area contributed by atoms with Gasteiger partial charge in [0, 0.05) is 6.54 Å². The Bertz CT molecular complexity index is 363. The summed E-state index contributed by atoms with van der Waals surface area (Å²) in [6, 6.07) is 0. The molecule has 1 aromatic heterocycles. The Labute approximate surface area is 90.2 Å². The lowest BCUT2D eigenvalue weighted by molar-refractivity contribution is -0.396. The molecule has 9 nitrogen and oxygen atoms in total. The summed E-state index contributed by atoms with van der Waals surface area (Å²) in [6.45, 7) is -0.227. The van der Waals surface area contributed by atoms with E-state index in [2.05, 4.69) is 10.3 Å². The molecule has 0 fully saturated rings. The summed E-state index contributed by atoms with van der Waals surface area (Å²) in [6.07, 6.45) is 2.59. The predicted molar refractivity (Wildman–Crippen MR) is 52.6 cm³/mol. The van der Waals surface area contributed by atoms with E-state index in [0.29, 0.717) is 0 Å². The van der Waals surface area contributed by atoms with Crippen molar-refractivity contribution in [3.8, 4) is 0 Å². The lowest BCUT2D eigenvalue weighted by atomic mass is 10.5. The summed E-state index contributed by atoms with van der Waals surface area (Å²) in [5.41, 5.74) is 0. The van der Waals surface area contributed by atoms with Crippen LogP contribution in [-0.4, -0.2) is 44.1 Å². The minimum atomic E-state index is -0.667. The maximum Gasteiger partial charge on any atom is 0.435 e. The van der Waals surface area contributed by atoms with Gasteiger partial charge in [0.2, 0.25) is 0 Å². The zero-order valence-electron chi connectivity index (χ0n) is 8.29. The molecule has 1 amide bonds. The number of nitrogens with zero attached hydrogens (tertiary/aromatic N) is 3. The molecular weight excluding hydrogens is 220 g/mol. The van der Waals surface area contributed by atoms with E-state index in [1.165, 1.54) is 12.4 Å². The van der Waals surface area contributed by atoms with Crippen molar-refractivity contribution in [2.24, 2.45) is 0 Å². The topological polar surface area (TPSA) is 142 Å². The number of hydrogen-bond acceptors (Lipinski definition) is 5. The highest BCUT2D eigenvalue weighted by atomic mass is 16.6. The molecule has 0 spiro atoms. The first-order chi connectivity index (χ1) is 7.15. The fraction of sp³-hybridized carbons (Fsp3) is 0.429. The maximum atomic E-state index is 11.2. The van der Waals surface area contributed by atoms with Crippen LogP contribution in [0.25, 0.3) is 0 Å². The molecule has 0 bridgehead atoms. The number of imidazole rings is 1. The fourth-order valence-electron chi connectivity index (χ4n) is 1.00. The van der Waals surface area contributed by atoms with Crippen molar-refractivity contribution < 1.29 is 20.3 Å². The van der Waals surface area contributed by atoms with Crippen molar-refractivity contribution in [2.45, 2.75) is 6.54 Å². The number of aromatic nitrogens is 2. The predicted octanol–water partition coefficient (Wildman–Crippen LogP) is -1.92. The van der Waals surface area contributed by atoms with Crippen molar-refractivity contribution in [2.75, 3.05) is 13.2 Å². The molecule has 0 saturated carbocycles. The first-order valence-electron chi connectivity index (χ1n) is 4.18. The second-order valence-electron chi connectivity index (χ2n) is 2.69. The third-order valence-corrected chi connectivity index (χ3v) is 1.60. The molecule has 0 aromatic carbocycles. The van der Waals surface area contributed by atoms with Gasteiger partial charge in [-0.25, -0.2) is 4.57 Å². The van der Waals surface area contributed by atoms with Gasteiger partial charge in [0.15, 0.2) is 6.54 Å². The van der Waals surface area contributed by atoms with Crippen LogP contribution in [-0.2, 0) is 11.3 Å². The number of rotatable bonds is 5. The van der Waals surface area contributed by atoms with Crippen molar-refractivity contribution in [1.82, 2.24) is 14.9 Å². The van der Waals surface area contributed by atoms with Gasteiger partial charge in [-0.15, -0.1) is 0 Å². The van der Waals surface area contributed by atoms with E-state index >= 15 is 0 Å². The monoisotopic (exact) mass is 232 g/mol. The number of hydrogen-bond donors (Lipinski definition) is 2. The van der Waals surface area contributed by atoms with Gasteiger partial charge in [-0.1, -0.05) is 4.98 Å². The molecule has 4 N–H and O–H groups in total. The molecule has 0 unspecified atom stereocenters. The van der Waals surface area contributed by atoms with Gasteiger partial charge < -0.3 is 26.0 Å². The second kappa shape index (κ2) is 6.48.